The Morgan fingerprint density at radius 3 is 1.70 bits per heavy atom. The molecule has 0 aromatic rings. The van der Waals surface area contributed by atoms with E-state index >= 15 is 0 Å². The van der Waals surface area contributed by atoms with Crippen molar-refractivity contribution < 1.29 is 9.59 Å². The van der Waals surface area contributed by atoms with Crippen molar-refractivity contribution in [2.45, 2.75) is 20.3 Å². The molecule has 0 bridgehead atoms. The van der Waals surface area contributed by atoms with E-state index in [2.05, 4.69) is 5.32 Å². The van der Waals surface area contributed by atoms with Gasteiger partial charge in [-0.3, -0.25) is 14.9 Å². The molecule has 1 saturated carbocycles. The maximum atomic E-state index is 11.0. The number of amides is 2. The lowest BCUT2D eigenvalue weighted by Gasteiger charge is -1.98. The Morgan fingerprint density at radius 2 is 1.60 bits per heavy atom. The minimum atomic E-state index is -0.371. The van der Waals surface area contributed by atoms with Crippen molar-refractivity contribution in [3.8, 4) is 0 Å². The Bertz CT molecular complexity index is 224. The van der Waals surface area contributed by atoms with Crippen LogP contribution in [0.1, 0.15) is 20.3 Å². The van der Waals surface area contributed by atoms with Crippen molar-refractivity contribution in [3.63, 3.8) is 0 Å². The molecule has 1 saturated heterocycles. The van der Waals surface area contributed by atoms with Gasteiger partial charge in [-0.15, -0.1) is 0 Å². The molecule has 1 aliphatic carbocycles. The van der Waals surface area contributed by atoms with Gasteiger partial charge in [0.25, 0.3) is 0 Å². The van der Waals surface area contributed by atoms with Crippen LogP contribution in [0.3, 0.4) is 0 Å². The normalized spacial score (nSPS) is 50.6. The summed E-state index contributed by atoms with van der Waals surface area (Å²) in [5.74, 6) is -0.194. The first-order valence-electron chi connectivity index (χ1n) is 3.37. The highest BCUT2D eigenvalue weighted by Gasteiger charge is 2.74. The summed E-state index contributed by atoms with van der Waals surface area (Å²) in [6, 6.07) is 0. The van der Waals surface area contributed by atoms with Crippen LogP contribution in [0.4, 0.5) is 0 Å². The fourth-order valence-electron chi connectivity index (χ4n) is 1.70. The van der Waals surface area contributed by atoms with Gasteiger partial charge in [-0.2, -0.15) is 0 Å². The van der Waals surface area contributed by atoms with E-state index in [9.17, 15) is 9.59 Å². The Kier molecular flexibility index (Phi) is 0.667. The van der Waals surface area contributed by atoms with Crippen molar-refractivity contribution in [1.29, 1.82) is 0 Å². The summed E-state index contributed by atoms with van der Waals surface area (Å²) in [6.45, 7) is 3.68. The number of fused-ring (bicyclic) bond motifs is 1. The monoisotopic (exact) mass is 139 g/mol. The van der Waals surface area contributed by atoms with E-state index in [1.165, 1.54) is 0 Å². The zero-order valence-electron chi connectivity index (χ0n) is 6.02. The summed E-state index contributed by atoms with van der Waals surface area (Å²) in [7, 11) is 0. The van der Waals surface area contributed by atoms with E-state index < -0.39 is 0 Å². The van der Waals surface area contributed by atoms with E-state index in [1.807, 2.05) is 13.8 Å². The van der Waals surface area contributed by atoms with Crippen molar-refractivity contribution >= 4 is 11.8 Å². The predicted molar refractivity (Wildman–Crippen MR) is 34.0 cm³/mol. The highest BCUT2D eigenvalue weighted by Crippen LogP contribution is 2.66. The summed E-state index contributed by atoms with van der Waals surface area (Å²) < 4.78 is 0. The predicted octanol–water partition coefficient (Wildman–Crippen LogP) is 0.0591. The van der Waals surface area contributed by atoms with Gasteiger partial charge in [0.05, 0.1) is 10.8 Å². The van der Waals surface area contributed by atoms with Gasteiger partial charge in [0.15, 0.2) is 0 Å². The van der Waals surface area contributed by atoms with Crippen molar-refractivity contribution in [1.82, 2.24) is 5.32 Å². The summed E-state index contributed by atoms with van der Waals surface area (Å²) >= 11 is 0. The van der Waals surface area contributed by atoms with Gasteiger partial charge in [-0.1, -0.05) is 0 Å². The molecular weight excluding hydrogens is 130 g/mol. The molecular formula is C7H9NO2. The lowest BCUT2D eigenvalue weighted by Crippen LogP contribution is -2.28. The van der Waals surface area contributed by atoms with Crippen LogP contribution in [0.15, 0.2) is 0 Å². The number of hydrogen-bond acceptors (Lipinski definition) is 2. The highest BCUT2D eigenvalue weighted by molar-refractivity contribution is 6.13. The van der Waals surface area contributed by atoms with Gasteiger partial charge in [-0.05, 0) is 20.3 Å². The topological polar surface area (TPSA) is 46.2 Å². The number of nitrogens with one attached hydrogen (secondary N) is 1. The summed E-state index contributed by atoms with van der Waals surface area (Å²) in [5.41, 5.74) is -0.742. The number of carbonyl (C=O) groups excluding carboxylic acids is 2. The van der Waals surface area contributed by atoms with Crippen molar-refractivity contribution in [3.05, 3.63) is 0 Å². The average molecular weight is 139 g/mol. The van der Waals surface area contributed by atoms with Crippen LogP contribution in [0.2, 0.25) is 0 Å². The minimum absolute atomic E-state index is 0.0972. The molecule has 2 atom stereocenters. The molecule has 3 heteroatoms. The Balaban J connectivity index is 2.47. The van der Waals surface area contributed by atoms with Crippen LogP contribution in [0.25, 0.3) is 0 Å². The van der Waals surface area contributed by atoms with Crippen LogP contribution in [0.5, 0.6) is 0 Å². The quantitative estimate of drug-likeness (QED) is 0.482. The standard InChI is InChI=1S/C7H9NO2/c1-6-3-7(6,2)5(10)8-4(6)9/h3H2,1-2H3,(H,8,9,10). The molecule has 0 radical (unpaired) electrons. The second-order valence-electron chi connectivity index (χ2n) is 3.62. The maximum Gasteiger partial charge on any atom is 0.233 e. The number of hydrogen-bond donors (Lipinski definition) is 1. The average Bonchev–Trinajstić information content (AvgIpc) is 2.33. The van der Waals surface area contributed by atoms with Crippen LogP contribution in [0, 0.1) is 10.8 Å². The fourth-order valence-corrected chi connectivity index (χ4v) is 1.70. The first kappa shape index (κ1) is 5.89. The molecule has 2 rings (SSSR count). The second-order valence-corrected chi connectivity index (χ2v) is 3.62. The molecule has 2 fully saturated rings. The van der Waals surface area contributed by atoms with Crippen molar-refractivity contribution in [2.24, 2.45) is 10.8 Å². The molecule has 2 amide bonds. The first-order chi connectivity index (χ1) is 4.51. The van der Waals surface area contributed by atoms with Gasteiger partial charge in [0.1, 0.15) is 0 Å². The lowest BCUT2D eigenvalue weighted by molar-refractivity contribution is -0.129. The van der Waals surface area contributed by atoms with Crippen LogP contribution in [-0.4, -0.2) is 11.8 Å². The third-order valence-corrected chi connectivity index (χ3v) is 3.03. The van der Waals surface area contributed by atoms with Gasteiger partial charge in [0, 0.05) is 0 Å². The fraction of sp³-hybridized carbons (Fsp3) is 0.714. The molecule has 1 heterocycles. The Morgan fingerprint density at radius 1 is 1.20 bits per heavy atom. The molecule has 1 aliphatic heterocycles. The van der Waals surface area contributed by atoms with E-state index in [1.54, 1.807) is 0 Å². The molecule has 54 valence electrons. The smallest absolute Gasteiger partial charge is 0.233 e. The van der Waals surface area contributed by atoms with E-state index in [-0.39, 0.29) is 22.6 Å². The largest absolute Gasteiger partial charge is 0.295 e. The number of piperidine rings is 1. The van der Waals surface area contributed by atoms with Gasteiger partial charge in [0.2, 0.25) is 11.8 Å². The third kappa shape index (κ3) is 0.340. The van der Waals surface area contributed by atoms with E-state index in [4.69, 9.17) is 0 Å². The number of rotatable bonds is 0. The molecule has 0 aromatic heterocycles. The number of imide groups is 1. The molecule has 2 unspecified atom stereocenters. The Labute approximate surface area is 58.8 Å². The van der Waals surface area contributed by atoms with Crippen LogP contribution in [-0.2, 0) is 9.59 Å². The second kappa shape index (κ2) is 1.13. The lowest BCUT2D eigenvalue weighted by atomic mass is 10.00. The molecule has 2 aliphatic rings. The molecule has 1 N–H and O–H groups in total. The number of carbonyl (C=O) groups is 2. The SMILES string of the molecule is CC12CC1(C)C(=O)NC2=O. The Hall–Kier alpha value is -0.860. The summed E-state index contributed by atoms with van der Waals surface area (Å²) in [6.07, 6.45) is 0.727. The van der Waals surface area contributed by atoms with Gasteiger partial charge >= 0.3 is 0 Å². The van der Waals surface area contributed by atoms with Gasteiger partial charge < -0.3 is 0 Å². The molecule has 3 nitrogen and oxygen atoms in total. The minimum Gasteiger partial charge on any atom is -0.295 e. The molecule has 0 aromatic carbocycles. The van der Waals surface area contributed by atoms with Crippen LogP contribution >= 0.6 is 0 Å². The summed E-state index contributed by atoms with van der Waals surface area (Å²) in [4.78, 5) is 22.0. The van der Waals surface area contributed by atoms with Gasteiger partial charge in [-0.25, -0.2) is 0 Å². The highest BCUT2D eigenvalue weighted by atomic mass is 16.2. The summed E-state index contributed by atoms with van der Waals surface area (Å²) in [5, 5.41) is 2.32. The zero-order chi connectivity index (χ0) is 7.57. The van der Waals surface area contributed by atoms with E-state index in [0.29, 0.717) is 0 Å². The molecule has 0 spiro atoms. The van der Waals surface area contributed by atoms with Crippen LogP contribution < -0.4 is 5.32 Å². The molecule has 10 heavy (non-hydrogen) atoms. The third-order valence-electron chi connectivity index (χ3n) is 3.03. The van der Waals surface area contributed by atoms with Crippen molar-refractivity contribution in [2.75, 3.05) is 0 Å². The van der Waals surface area contributed by atoms with E-state index in [0.717, 1.165) is 6.42 Å². The first-order valence-corrected chi connectivity index (χ1v) is 3.37. The zero-order valence-corrected chi connectivity index (χ0v) is 6.02. The maximum absolute atomic E-state index is 11.0.